The predicted molar refractivity (Wildman–Crippen MR) is 126 cm³/mol. The molecule has 1 aromatic heterocycles. The Hall–Kier alpha value is -3.89. The molecule has 0 amide bonds. The molecule has 2 atom stereocenters. The first kappa shape index (κ1) is 22.9. The molecule has 0 aliphatic carbocycles. The van der Waals surface area contributed by atoms with Gasteiger partial charge in [-0.3, -0.25) is 0 Å². The Kier molecular flexibility index (Phi) is 5.70. The van der Waals surface area contributed by atoms with Crippen LogP contribution in [0, 0.1) is 11.6 Å². The summed E-state index contributed by atoms with van der Waals surface area (Å²) >= 11 is 0. The lowest BCUT2D eigenvalue weighted by Crippen LogP contribution is -2.25. The van der Waals surface area contributed by atoms with Crippen molar-refractivity contribution in [2.45, 2.75) is 17.2 Å². The van der Waals surface area contributed by atoms with Crippen LogP contribution in [0.25, 0.3) is 10.9 Å². The number of aromatic amines is 1. The number of hydrogen-bond donors (Lipinski definition) is 4. The zero-order chi connectivity index (χ0) is 24.7. The highest BCUT2D eigenvalue weighted by Crippen LogP contribution is 2.38. The van der Waals surface area contributed by atoms with Crippen molar-refractivity contribution in [2.75, 3.05) is 6.26 Å². The van der Waals surface area contributed by atoms with Gasteiger partial charge in [-0.15, -0.1) is 0 Å². The minimum absolute atomic E-state index is 0.0424. The first-order valence-electron chi connectivity index (χ1n) is 10.6. The minimum Gasteiger partial charge on any atom is -0.453 e. The van der Waals surface area contributed by atoms with Crippen molar-refractivity contribution in [3.05, 3.63) is 102 Å². The van der Waals surface area contributed by atoms with Gasteiger partial charge in [0.15, 0.2) is 21.4 Å². The summed E-state index contributed by atoms with van der Waals surface area (Å²) in [6.45, 7) is 0. The number of fused-ring (bicyclic) bond motifs is 1. The number of hydrogen-bond acceptors (Lipinski definition) is 6. The molecule has 5 rings (SSSR count). The summed E-state index contributed by atoms with van der Waals surface area (Å²) in [6, 6.07) is 15.4. The largest absolute Gasteiger partial charge is 0.453 e. The maximum Gasteiger partial charge on any atom is 0.182 e. The van der Waals surface area contributed by atoms with Crippen molar-refractivity contribution in [1.29, 1.82) is 0 Å². The molecule has 2 heterocycles. The quantitative estimate of drug-likeness (QED) is 0.315. The van der Waals surface area contributed by atoms with Crippen molar-refractivity contribution in [1.82, 2.24) is 15.6 Å². The molecule has 0 radical (unpaired) electrons. The summed E-state index contributed by atoms with van der Waals surface area (Å²) in [5.41, 5.74) is 1.55. The highest BCUT2D eigenvalue weighted by Gasteiger charge is 2.27. The van der Waals surface area contributed by atoms with Crippen LogP contribution in [0.2, 0.25) is 0 Å². The molecule has 0 saturated heterocycles. The van der Waals surface area contributed by atoms with Crippen LogP contribution in [0.15, 0.2) is 83.7 Å². The van der Waals surface area contributed by atoms with Crippen LogP contribution >= 0.6 is 0 Å². The van der Waals surface area contributed by atoms with E-state index in [2.05, 4.69) is 15.6 Å². The zero-order valence-electron chi connectivity index (χ0n) is 18.4. The van der Waals surface area contributed by atoms with E-state index in [0.29, 0.717) is 16.8 Å². The summed E-state index contributed by atoms with van der Waals surface area (Å²) < 4.78 is 60.3. The Morgan fingerprint density at radius 2 is 1.80 bits per heavy atom. The van der Waals surface area contributed by atoms with Gasteiger partial charge in [-0.05, 0) is 29.8 Å². The van der Waals surface area contributed by atoms with Gasteiger partial charge in [0.1, 0.15) is 28.7 Å². The van der Waals surface area contributed by atoms with Crippen molar-refractivity contribution in [3.8, 4) is 11.5 Å². The van der Waals surface area contributed by atoms with E-state index in [1.165, 1.54) is 24.4 Å². The summed E-state index contributed by atoms with van der Waals surface area (Å²) in [5.74, 6) is -1.88. The summed E-state index contributed by atoms with van der Waals surface area (Å²) in [6.07, 6.45) is 2.34. The molecule has 0 fully saturated rings. The molecule has 10 heteroatoms. The SMILES string of the molecule is CS(=O)(=O)c1c(Oc2ccc(F)c(C3NC=C(C(O)c4ccccc4)N3)c2)c(F)cc2[nH]ccc12. The second-order valence-corrected chi connectivity index (χ2v) is 10.1. The standard InChI is InChI=1S/C25H21F2N3O4S/c1-35(32,33)24-16-9-10-28-20(16)12-19(27)23(24)34-15-7-8-18(26)17(11-15)25-29-13-21(30-25)22(31)14-5-3-2-4-6-14/h2-13,22,25,28-31H,1H3. The molecule has 7 nitrogen and oxygen atoms in total. The van der Waals surface area contributed by atoms with Crippen molar-refractivity contribution in [3.63, 3.8) is 0 Å². The number of aliphatic hydroxyl groups excluding tert-OH is 1. The van der Waals surface area contributed by atoms with Gasteiger partial charge in [0.2, 0.25) is 0 Å². The average Bonchev–Trinajstić information content (AvgIpc) is 3.49. The molecular formula is C25H21F2N3O4S. The second kappa shape index (κ2) is 8.71. The molecule has 0 saturated carbocycles. The molecule has 35 heavy (non-hydrogen) atoms. The van der Waals surface area contributed by atoms with Crippen LogP contribution in [0.1, 0.15) is 23.4 Å². The third kappa shape index (κ3) is 4.33. The fourth-order valence-electron chi connectivity index (χ4n) is 4.07. The van der Waals surface area contributed by atoms with Gasteiger partial charge in [0, 0.05) is 41.2 Å². The van der Waals surface area contributed by atoms with Gasteiger partial charge >= 0.3 is 0 Å². The van der Waals surface area contributed by atoms with Crippen molar-refractivity contribution < 1.29 is 27.0 Å². The smallest absolute Gasteiger partial charge is 0.182 e. The first-order valence-corrected chi connectivity index (χ1v) is 12.5. The molecule has 2 unspecified atom stereocenters. The normalized spacial score (nSPS) is 16.5. The number of ether oxygens (including phenoxy) is 1. The monoisotopic (exact) mass is 497 g/mol. The predicted octanol–water partition coefficient (Wildman–Crippen LogP) is 4.41. The molecule has 4 N–H and O–H groups in total. The number of nitrogens with one attached hydrogen (secondary N) is 3. The highest BCUT2D eigenvalue weighted by atomic mass is 32.2. The van der Waals surface area contributed by atoms with Gasteiger partial charge in [0.05, 0.1) is 5.70 Å². The number of aliphatic hydroxyl groups is 1. The van der Waals surface area contributed by atoms with E-state index < -0.39 is 39.5 Å². The molecular weight excluding hydrogens is 476 g/mol. The Morgan fingerprint density at radius 1 is 1.03 bits per heavy atom. The molecule has 4 aromatic rings. The highest BCUT2D eigenvalue weighted by molar-refractivity contribution is 7.91. The number of halogens is 2. The molecule has 1 aliphatic heterocycles. The fraction of sp³-hybridized carbons (Fsp3) is 0.120. The molecule has 180 valence electrons. The van der Waals surface area contributed by atoms with Crippen molar-refractivity contribution in [2.24, 2.45) is 0 Å². The summed E-state index contributed by atoms with van der Waals surface area (Å²) in [5, 5.41) is 16.9. The Balaban J connectivity index is 1.45. The summed E-state index contributed by atoms with van der Waals surface area (Å²) in [7, 11) is -3.87. The maximum absolute atomic E-state index is 14.9. The van der Waals surface area contributed by atoms with Crippen LogP contribution in [0.5, 0.6) is 11.5 Å². The lowest BCUT2D eigenvalue weighted by atomic mass is 10.1. The lowest BCUT2D eigenvalue weighted by Gasteiger charge is -2.19. The molecule has 3 aromatic carbocycles. The van der Waals surface area contributed by atoms with E-state index in [9.17, 15) is 22.3 Å². The van der Waals surface area contributed by atoms with E-state index in [0.717, 1.165) is 18.4 Å². The number of aromatic nitrogens is 1. The van der Waals surface area contributed by atoms with Gasteiger partial charge in [-0.1, -0.05) is 30.3 Å². The molecule has 0 bridgehead atoms. The van der Waals surface area contributed by atoms with Gasteiger partial charge in [0.25, 0.3) is 0 Å². The van der Waals surface area contributed by atoms with Gasteiger partial charge in [-0.2, -0.15) is 0 Å². The third-order valence-corrected chi connectivity index (χ3v) is 6.86. The van der Waals surface area contributed by atoms with E-state index in [1.54, 1.807) is 30.5 Å². The second-order valence-electron chi connectivity index (χ2n) is 8.17. The van der Waals surface area contributed by atoms with E-state index in [-0.39, 0.29) is 21.6 Å². The fourth-order valence-corrected chi connectivity index (χ4v) is 5.13. The average molecular weight is 498 g/mol. The third-order valence-electron chi connectivity index (χ3n) is 5.71. The Morgan fingerprint density at radius 3 is 2.54 bits per heavy atom. The topological polar surface area (TPSA) is 103 Å². The minimum atomic E-state index is -3.87. The number of sulfone groups is 1. The maximum atomic E-state index is 14.9. The Labute approximate surface area is 200 Å². The Bertz CT molecular complexity index is 1550. The van der Waals surface area contributed by atoms with Crippen LogP contribution in [-0.2, 0) is 9.84 Å². The van der Waals surface area contributed by atoms with E-state index >= 15 is 0 Å². The number of H-pyrrole nitrogens is 1. The lowest BCUT2D eigenvalue weighted by molar-refractivity contribution is 0.206. The van der Waals surface area contributed by atoms with Crippen LogP contribution < -0.4 is 15.4 Å². The first-order chi connectivity index (χ1) is 16.7. The van der Waals surface area contributed by atoms with Crippen LogP contribution in [-0.4, -0.2) is 24.8 Å². The zero-order valence-corrected chi connectivity index (χ0v) is 19.2. The van der Waals surface area contributed by atoms with Crippen LogP contribution in [0.3, 0.4) is 0 Å². The van der Waals surface area contributed by atoms with Crippen molar-refractivity contribution >= 4 is 20.7 Å². The van der Waals surface area contributed by atoms with E-state index in [4.69, 9.17) is 4.74 Å². The van der Waals surface area contributed by atoms with Crippen LogP contribution in [0.4, 0.5) is 8.78 Å². The van der Waals surface area contributed by atoms with Gasteiger partial charge < -0.3 is 25.5 Å². The van der Waals surface area contributed by atoms with E-state index in [1.807, 2.05) is 6.07 Å². The number of benzene rings is 3. The summed E-state index contributed by atoms with van der Waals surface area (Å²) in [4.78, 5) is 2.49. The molecule has 1 aliphatic rings. The molecule has 0 spiro atoms. The van der Waals surface area contributed by atoms with Gasteiger partial charge in [-0.25, -0.2) is 17.2 Å². The number of rotatable bonds is 6.